The molecular weight excluding hydrogens is 387 g/mol. The zero-order valence-corrected chi connectivity index (χ0v) is 16.0. The van der Waals surface area contributed by atoms with E-state index in [1.165, 1.54) is 29.3 Å². The van der Waals surface area contributed by atoms with E-state index in [-0.39, 0.29) is 30.0 Å². The van der Waals surface area contributed by atoms with Gasteiger partial charge in [0, 0.05) is 30.1 Å². The van der Waals surface area contributed by atoms with Crippen molar-refractivity contribution < 1.29 is 18.7 Å². The normalized spacial score (nSPS) is 13.6. The number of rotatable bonds is 6. The number of nitrogens with zero attached hydrogens (tertiary/aromatic N) is 2. The molecule has 1 aromatic heterocycles. The number of ether oxygens (including phenoxy) is 1. The van der Waals surface area contributed by atoms with Crippen molar-refractivity contribution in [1.82, 2.24) is 4.98 Å². The lowest BCUT2D eigenvalue weighted by Crippen LogP contribution is -2.40. The maximum absolute atomic E-state index is 14.6. The van der Waals surface area contributed by atoms with Gasteiger partial charge in [0.05, 0.1) is 0 Å². The van der Waals surface area contributed by atoms with Crippen molar-refractivity contribution in [2.45, 2.75) is 38.1 Å². The fraction of sp³-hybridized carbons (Fsp3) is 0.316. The van der Waals surface area contributed by atoms with Crippen LogP contribution in [0.3, 0.4) is 0 Å². The van der Waals surface area contributed by atoms with Crippen molar-refractivity contribution in [3.63, 3.8) is 0 Å². The number of carbonyl (C=O) groups is 2. The minimum Gasteiger partial charge on any atom is -0.454 e. The molecule has 3 rings (SSSR count). The lowest BCUT2D eigenvalue weighted by molar-refractivity contribution is -0.126. The zero-order valence-electron chi connectivity index (χ0n) is 15.1. The smallest absolute Gasteiger partial charge is 0.236 e. The van der Waals surface area contributed by atoms with Crippen LogP contribution in [0, 0.1) is 5.82 Å². The molecule has 0 bridgehead atoms. The summed E-state index contributed by atoms with van der Waals surface area (Å²) in [7, 11) is 0. The highest BCUT2D eigenvalue weighted by atomic mass is 35.5. The molecule has 9 heteroatoms. The summed E-state index contributed by atoms with van der Waals surface area (Å²) in [6, 6.07) is 7.25. The monoisotopic (exact) mass is 408 g/mol. The van der Waals surface area contributed by atoms with Crippen LogP contribution in [0.15, 0.2) is 36.5 Å². The second-order valence-electron chi connectivity index (χ2n) is 6.48. The SMILES string of the molecule is Cl.NC(=O)CC(=O)N(c1ccc(Oc2ccnc(N)c2)c(F)c1)C1CCCC1. The molecule has 0 spiro atoms. The van der Waals surface area contributed by atoms with Crippen LogP contribution in [0.2, 0.25) is 0 Å². The number of halogens is 2. The quantitative estimate of drug-likeness (QED) is 0.713. The van der Waals surface area contributed by atoms with Gasteiger partial charge in [-0.1, -0.05) is 12.8 Å². The summed E-state index contributed by atoms with van der Waals surface area (Å²) in [4.78, 5) is 29.0. The summed E-state index contributed by atoms with van der Waals surface area (Å²) >= 11 is 0. The average molecular weight is 409 g/mol. The van der Waals surface area contributed by atoms with E-state index in [1.807, 2.05) is 0 Å². The number of primary amides is 1. The highest BCUT2D eigenvalue weighted by molar-refractivity contribution is 6.04. The summed E-state index contributed by atoms with van der Waals surface area (Å²) in [5, 5.41) is 0. The van der Waals surface area contributed by atoms with E-state index in [9.17, 15) is 14.0 Å². The lowest BCUT2D eigenvalue weighted by atomic mass is 10.1. The fourth-order valence-electron chi connectivity index (χ4n) is 3.30. The first-order chi connectivity index (χ1) is 12.9. The van der Waals surface area contributed by atoms with E-state index in [4.69, 9.17) is 16.2 Å². The summed E-state index contributed by atoms with van der Waals surface area (Å²) in [6.45, 7) is 0. The van der Waals surface area contributed by atoms with Crippen LogP contribution in [0.25, 0.3) is 0 Å². The molecule has 1 aromatic carbocycles. The predicted octanol–water partition coefficient (Wildman–Crippen LogP) is 3.17. The second kappa shape index (κ2) is 9.36. The number of nitrogen functional groups attached to an aromatic ring is 1. The molecule has 0 aliphatic heterocycles. The first-order valence-corrected chi connectivity index (χ1v) is 8.73. The van der Waals surface area contributed by atoms with Crippen molar-refractivity contribution >= 4 is 35.7 Å². The fourth-order valence-corrected chi connectivity index (χ4v) is 3.30. The Hall–Kier alpha value is -2.87. The Kier molecular flexibility index (Phi) is 7.17. The van der Waals surface area contributed by atoms with Gasteiger partial charge in [-0.25, -0.2) is 9.37 Å². The molecule has 2 amide bonds. The summed E-state index contributed by atoms with van der Waals surface area (Å²) in [5.41, 5.74) is 11.1. The Morgan fingerprint density at radius 3 is 2.54 bits per heavy atom. The lowest BCUT2D eigenvalue weighted by Gasteiger charge is -2.29. The van der Waals surface area contributed by atoms with Gasteiger partial charge in [-0.15, -0.1) is 12.4 Å². The van der Waals surface area contributed by atoms with Crippen LogP contribution in [0.5, 0.6) is 11.5 Å². The number of hydrogen-bond acceptors (Lipinski definition) is 5. The minimum atomic E-state index is -0.710. The van der Waals surface area contributed by atoms with E-state index in [0.29, 0.717) is 11.4 Å². The molecular formula is C19H22ClFN4O3. The van der Waals surface area contributed by atoms with E-state index >= 15 is 0 Å². The Morgan fingerprint density at radius 2 is 1.93 bits per heavy atom. The maximum Gasteiger partial charge on any atom is 0.236 e. The molecule has 1 heterocycles. The number of benzene rings is 1. The second-order valence-corrected chi connectivity index (χ2v) is 6.48. The van der Waals surface area contributed by atoms with E-state index in [0.717, 1.165) is 25.7 Å². The third-order valence-electron chi connectivity index (χ3n) is 4.46. The number of carbonyl (C=O) groups excluding carboxylic acids is 2. The first-order valence-electron chi connectivity index (χ1n) is 8.73. The number of nitrogens with two attached hydrogens (primary N) is 2. The maximum atomic E-state index is 14.6. The Bertz CT molecular complexity index is 859. The molecule has 0 saturated heterocycles. The Balaban J connectivity index is 0.00000280. The van der Waals surface area contributed by atoms with Crippen LogP contribution in [-0.2, 0) is 9.59 Å². The molecule has 0 radical (unpaired) electrons. The standard InChI is InChI=1S/C19H21FN4O3.ClH/c20-15-9-13(5-6-16(15)27-14-7-8-23-17(21)10-14)24(12-3-1-2-4-12)19(26)11-18(22)25;/h5-10,12H,1-4,11H2,(H2,21,23)(H2,22,25);1H. The van der Waals surface area contributed by atoms with E-state index in [2.05, 4.69) is 4.98 Å². The van der Waals surface area contributed by atoms with E-state index in [1.54, 1.807) is 12.1 Å². The number of aromatic nitrogens is 1. The summed E-state index contributed by atoms with van der Waals surface area (Å²) in [6.07, 6.45) is 4.63. The highest BCUT2D eigenvalue weighted by Gasteiger charge is 2.29. The van der Waals surface area contributed by atoms with Crippen LogP contribution >= 0.6 is 12.4 Å². The molecule has 1 aliphatic rings. The number of amides is 2. The largest absolute Gasteiger partial charge is 0.454 e. The van der Waals surface area contributed by atoms with Gasteiger partial charge in [-0.3, -0.25) is 9.59 Å². The van der Waals surface area contributed by atoms with E-state index < -0.39 is 24.1 Å². The molecule has 0 unspecified atom stereocenters. The molecule has 4 N–H and O–H groups in total. The number of hydrogen-bond donors (Lipinski definition) is 2. The molecule has 7 nitrogen and oxygen atoms in total. The Labute approximate surface area is 168 Å². The number of pyridine rings is 1. The summed E-state index contributed by atoms with van der Waals surface area (Å²) < 4.78 is 20.1. The van der Waals surface area contributed by atoms with Crippen molar-refractivity contribution in [2.75, 3.05) is 10.6 Å². The molecule has 1 saturated carbocycles. The highest BCUT2D eigenvalue weighted by Crippen LogP contribution is 2.33. The van der Waals surface area contributed by atoms with Gasteiger partial charge in [0.2, 0.25) is 11.8 Å². The molecule has 28 heavy (non-hydrogen) atoms. The van der Waals surface area contributed by atoms with Crippen LogP contribution < -0.4 is 21.1 Å². The van der Waals surface area contributed by atoms with Gasteiger partial charge >= 0.3 is 0 Å². The van der Waals surface area contributed by atoms with Gasteiger partial charge in [-0.2, -0.15) is 0 Å². The topological polar surface area (TPSA) is 112 Å². The van der Waals surface area contributed by atoms with Crippen molar-refractivity contribution in [3.8, 4) is 11.5 Å². The van der Waals surface area contributed by atoms with Gasteiger partial charge < -0.3 is 21.1 Å². The minimum absolute atomic E-state index is 0. The van der Waals surface area contributed by atoms with Gasteiger partial charge in [-0.05, 0) is 31.0 Å². The van der Waals surface area contributed by atoms with Crippen LogP contribution in [0.4, 0.5) is 15.9 Å². The molecule has 1 fully saturated rings. The zero-order chi connectivity index (χ0) is 19.4. The van der Waals surface area contributed by atoms with Crippen molar-refractivity contribution in [3.05, 3.63) is 42.3 Å². The molecule has 1 aliphatic carbocycles. The van der Waals surface area contributed by atoms with Crippen molar-refractivity contribution in [1.29, 1.82) is 0 Å². The third-order valence-corrected chi connectivity index (χ3v) is 4.46. The van der Waals surface area contributed by atoms with Crippen molar-refractivity contribution in [2.24, 2.45) is 5.73 Å². The molecule has 0 atom stereocenters. The first kappa shape index (κ1) is 21.4. The number of anilines is 2. The average Bonchev–Trinajstić information content (AvgIpc) is 3.11. The molecule has 150 valence electrons. The third kappa shape index (κ3) is 5.10. The summed E-state index contributed by atoms with van der Waals surface area (Å²) in [5.74, 6) is -1.15. The van der Waals surface area contributed by atoms with Gasteiger partial charge in [0.15, 0.2) is 11.6 Å². The van der Waals surface area contributed by atoms with Gasteiger partial charge in [0.1, 0.15) is 18.0 Å². The van der Waals surface area contributed by atoms with Crippen LogP contribution in [0.1, 0.15) is 32.1 Å². The predicted molar refractivity (Wildman–Crippen MR) is 106 cm³/mol. The van der Waals surface area contributed by atoms with Crippen LogP contribution in [-0.4, -0.2) is 22.8 Å². The Morgan fingerprint density at radius 1 is 1.21 bits per heavy atom. The molecule has 2 aromatic rings. The van der Waals surface area contributed by atoms with Gasteiger partial charge in [0.25, 0.3) is 0 Å².